The number of carbonyl (C=O) groups is 2. The molecular formula is C20H27NO3. The van der Waals surface area contributed by atoms with E-state index in [1.54, 1.807) is 0 Å². The molecule has 4 heteroatoms. The highest BCUT2D eigenvalue weighted by Crippen LogP contribution is 2.63. The van der Waals surface area contributed by atoms with E-state index in [0.29, 0.717) is 6.54 Å². The van der Waals surface area contributed by atoms with Crippen LogP contribution in [0.5, 0.6) is 0 Å². The van der Waals surface area contributed by atoms with Gasteiger partial charge in [-0.25, -0.2) is 0 Å². The van der Waals surface area contributed by atoms with Gasteiger partial charge in [-0.05, 0) is 53.0 Å². The van der Waals surface area contributed by atoms with Crippen LogP contribution >= 0.6 is 0 Å². The Morgan fingerprint density at radius 3 is 2.33 bits per heavy atom. The number of nitrogens with zero attached hydrogens (tertiary/aromatic N) is 1. The number of carbonyl (C=O) groups excluding carboxylic acids is 2. The average Bonchev–Trinajstić information content (AvgIpc) is 2.65. The largest absolute Gasteiger partial charge is 0.459 e. The van der Waals surface area contributed by atoms with E-state index in [2.05, 4.69) is 0 Å². The van der Waals surface area contributed by atoms with E-state index in [1.165, 1.54) is 0 Å². The van der Waals surface area contributed by atoms with E-state index in [4.69, 9.17) is 4.74 Å². The summed E-state index contributed by atoms with van der Waals surface area (Å²) in [5.41, 5.74) is -0.766. The van der Waals surface area contributed by atoms with Crippen LogP contribution in [0.15, 0.2) is 30.3 Å². The maximum Gasteiger partial charge on any atom is 0.315 e. The lowest BCUT2D eigenvalue weighted by molar-refractivity contribution is -0.186. The number of esters is 1. The first-order valence-corrected chi connectivity index (χ1v) is 8.70. The molecular weight excluding hydrogens is 302 g/mol. The Balaban J connectivity index is 1.89. The maximum atomic E-state index is 13.1. The second kappa shape index (κ2) is 5.33. The number of hydrogen-bond acceptors (Lipinski definition) is 3. The number of hydrogen-bond donors (Lipinski definition) is 0. The molecule has 1 aromatic carbocycles. The molecule has 1 saturated carbocycles. The molecule has 1 amide bonds. The van der Waals surface area contributed by atoms with Crippen molar-refractivity contribution in [3.05, 3.63) is 35.9 Å². The van der Waals surface area contributed by atoms with Crippen molar-refractivity contribution in [1.82, 2.24) is 4.90 Å². The minimum atomic E-state index is -0.694. The van der Waals surface area contributed by atoms with Crippen molar-refractivity contribution in [1.29, 1.82) is 0 Å². The molecule has 0 aromatic heterocycles. The van der Waals surface area contributed by atoms with Gasteiger partial charge in [-0.15, -0.1) is 0 Å². The van der Waals surface area contributed by atoms with Crippen molar-refractivity contribution in [3.8, 4) is 0 Å². The summed E-state index contributed by atoms with van der Waals surface area (Å²) in [5, 5.41) is 0. The van der Waals surface area contributed by atoms with Crippen molar-refractivity contribution in [3.63, 3.8) is 0 Å². The third kappa shape index (κ3) is 2.35. The monoisotopic (exact) mass is 329 g/mol. The van der Waals surface area contributed by atoms with Crippen LogP contribution in [0.25, 0.3) is 0 Å². The Morgan fingerprint density at radius 1 is 1.21 bits per heavy atom. The van der Waals surface area contributed by atoms with Crippen molar-refractivity contribution < 1.29 is 14.3 Å². The van der Waals surface area contributed by atoms with Gasteiger partial charge < -0.3 is 9.64 Å². The summed E-state index contributed by atoms with van der Waals surface area (Å²) in [6.07, 6.45) is 1.48. The van der Waals surface area contributed by atoms with Crippen LogP contribution in [-0.4, -0.2) is 28.9 Å². The molecule has 4 nitrogen and oxygen atoms in total. The van der Waals surface area contributed by atoms with Gasteiger partial charge in [0.15, 0.2) is 0 Å². The molecule has 1 unspecified atom stereocenters. The third-order valence-corrected chi connectivity index (χ3v) is 5.82. The van der Waals surface area contributed by atoms with Gasteiger partial charge in [-0.1, -0.05) is 30.3 Å². The lowest BCUT2D eigenvalue weighted by Crippen LogP contribution is -2.56. The number of ether oxygens (including phenoxy) is 1. The molecule has 1 saturated heterocycles. The summed E-state index contributed by atoms with van der Waals surface area (Å²) in [4.78, 5) is 27.9. The fourth-order valence-corrected chi connectivity index (χ4v) is 4.04. The summed E-state index contributed by atoms with van der Waals surface area (Å²) in [6.45, 7) is 10.0. The fraction of sp³-hybridized carbons (Fsp3) is 0.600. The van der Waals surface area contributed by atoms with Crippen molar-refractivity contribution in [2.45, 2.75) is 59.1 Å². The zero-order valence-corrected chi connectivity index (χ0v) is 15.3. The molecule has 2 aliphatic rings. The fourth-order valence-electron chi connectivity index (χ4n) is 4.04. The van der Waals surface area contributed by atoms with Gasteiger partial charge in [0.05, 0.1) is 16.9 Å². The quantitative estimate of drug-likeness (QED) is 0.794. The number of fused-ring (bicyclic) bond motifs is 1. The standard InChI is InChI=1S/C20H27NO3/c1-14(15-9-7-6-8-10-15)21-13-20(17(23)24-18(2,3)4)12-11-19(20,5)16(21)22/h6-10,14H,11-13H2,1-5H3/t14?,19-,20+/m1/s1. The first kappa shape index (κ1) is 17.0. The number of rotatable bonds is 3. The van der Waals surface area contributed by atoms with Gasteiger partial charge >= 0.3 is 5.97 Å². The third-order valence-electron chi connectivity index (χ3n) is 5.82. The first-order chi connectivity index (χ1) is 11.1. The summed E-state index contributed by atoms with van der Waals surface area (Å²) < 4.78 is 5.68. The molecule has 24 heavy (non-hydrogen) atoms. The zero-order valence-electron chi connectivity index (χ0n) is 15.3. The SMILES string of the molecule is CC(c1ccccc1)N1C[C@]2(C(=O)OC(C)(C)C)CC[C@]2(C)C1=O. The first-order valence-electron chi connectivity index (χ1n) is 8.70. The number of likely N-dealkylation sites (tertiary alicyclic amines) is 1. The van der Waals surface area contributed by atoms with Crippen LogP contribution in [0, 0.1) is 10.8 Å². The highest BCUT2D eigenvalue weighted by atomic mass is 16.6. The molecule has 1 aliphatic carbocycles. The number of benzene rings is 1. The molecule has 0 radical (unpaired) electrons. The molecule has 1 aromatic rings. The van der Waals surface area contributed by atoms with Crippen molar-refractivity contribution in [2.24, 2.45) is 10.8 Å². The van der Waals surface area contributed by atoms with Gasteiger partial charge in [-0.2, -0.15) is 0 Å². The Kier molecular flexibility index (Phi) is 3.78. The van der Waals surface area contributed by atoms with Crippen molar-refractivity contribution in [2.75, 3.05) is 6.54 Å². The highest BCUT2D eigenvalue weighted by Gasteiger charge is 2.72. The van der Waals surface area contributed by atoms with Gasteiger partial charge in [0, 0.05) is 6.54 Å². The van der Waals surface area contributed by atoms with Crippen LogP contribution in [0.3, 0.4) is 0 Å². The highest BCUT2D eigenvalue weighted by molar-refractivity contribution is 5.97. The molecule has 2 fully saturated rings. The minimum Gasteiger partial charge on any atom is -0.459 e. The number of amides is 1. The van der Waals surface area contributed by atoms with E-state index in [9.17, 15) is 9.59 Å². The summed E-state index contributed by atoms with van der Waals surface area (Å²) in [5.74, 6) is -0.143. The van der Waals surface area contributed by atoms with E-state index in [-0.39, 0.29) is 17.9 Å². The van der Waals surface area contributed by atoms with E-state index >= 15 is 0 Å². The van der Waals surface area contributed by atoms with Gasteiger partial charge in [0.1, 0.15) is 5.60 Å². The van der Waals surface area contributed by atoms with E-state index < -0.39 is 16.4 Å². The molecule has 0 spiro atoms. The lowest BCUT2D eigenvalue weighted by atomic mass is 9.51. The van der Waals surface area contributed by atoms with Crippen LogP contribution in [0.4, 0.5) is 0 Å². The minimum absolute atomic E-state index is 0.0413. The van der Waals surface area contributed by atoms with E-state index in [0.717, 1.165) is 18.4 Å². The average molecular weight is 329 g/mol. The molecule has 0 bridgehead atoms. The predicted octanol–water partition coefficient (Wildman–Crippen LogP) is 3.72. The Morgan fingerprint density at radius 2 is 1.83 bits per heavy atom. The van der Waals surface area contributed by atoms with Crippen LogP contribution in [-0.2, 0) is 14.3 Å². The van der Waals surface area contributed by atoms with Crippen LogP contribution < -0.4 is 0 Å². The molecule has 130 valence electrons. The molecule has 1 aliphatic heterocycles. The van der Waals surface area contributed by atoms with Gasteiger partial charge in [-0.3, -0.25) is 9.59 Å². The predicted molar refractivity (Wildman–Crippen MR) is 92.2 cm³/mol. The van der Waals surface area contributed by atoms with Crippen molar-refractivity contribution >= 4 is 11.9 Å². The van der Waals surface area contributed by atoms with E-state index in [1.807, 2.05) is 69.9 Å². The lowest BCUT2D eigenvalue weighted by Gasteiger charge is -2.49. The molecule has 0 N–H and O–H groups in total. The zero-order chi connectivity index (χ0) is 17.8. The Labute approximate surface area is 144 Å². The van der Waals surface area contributed by atoms with Crippen LogP contribution in [0.1, 0.15) is 59.1 Å². The maximum absolute atomic E-state index is 13.1. The topological polar surface area (TPSA) is 46.6 Å². The second-order valence-electron chi connectivity index (χ2n) is 8.44. The molecule has 3 atom stereocenters. The van der Waals surface area contributed by atoms with Gasteiger partial charge in [0.2, 0.25) is 5.91 Å². The molecule has 1 heterocycles. The summed E-state index contributed by atoms with van der Waals surface area (Å²) in [7, 11) is 0. The van der Waals surface area contributed by atoms with Gasteiger partial charge in [0.25, 0.3) is 0 Å². The van der Waals surface area contributed by atoms with Crippen LogP contribution in [0.2, 0.25) is 0 Å². The Hall–Kier alpha value is -1.84. The smallest absolute Gasteiger partial charge is 0.315 e. The Bertz CT molecular complexity index is 663. The summed E-state index contributed by atoms with van der Waals surface area (Å²) in [6, 6.07) is 9.94. The normalized spacial score (nSPS) is 30.5. The second-order valence-corrected chi connectivity index (χ2v) is 8.44. The molecule has 3 rings (SSSR count). The summed E-state index contributed by atoms with van der Waals surface area (Å²) >= 11 is 0.